The van der Waals surface area contributed by atoms with Crippen molar-refractivity contribution in [2.24, 2.45) is 0 Å². The first kappa shape index (κ1) is 13.6. The van der Waals surface area contributed by atoms with Crippen molar-refractivity contribution in [1.82, 2.24) is 4.98 Å². The van der Waals surface area contributed by atoms with Gasteiger partial charge in [-0.15, -0.1) is 0 Å². The maximum atomic E-state index is 11.0. The van der Waals surface area contributed by atoms with Crippen molar-refractivity contribution in [1.29, 1.82) is 0 Å². The Morgan fingerprint density at radius 1 is 1.19 bits per heavy atom. The third kappa shape index (κ3) is 2.89. The van der Waals surface area contributed by atoms with Crippen molar-refractivity contribution >= 4 is 12.0 Å². The third-order valence-electron chi connectivity index (χ3n) is 3.88. The number of aromatic nitrogens is 1. The zero-order chi connectivity index (χ0) is 14.7. The van der Waals surface area contributed by atoms with E-state index < -0.39 is 0 Å². The molecule has 1 aliphatic rings. The van der Waals surface area contributed by atoms with Crippen LogP contribution in [0.5, 0.6) is 5.75 Å². The van der Waals surface area contributed by atoms with Crippen molar-refractivity contribution in [3.63, 3.8) is 0 Å². The van der Waals surface area contributed by atoms with Gasteiger partial charge in [0.2, 0.25) is 0 Å². The lowest BCUT2D eigenvalue weighted by molar-refractivity contribution is 0.112. The van der Waals surface area contributed by atoms with Gasteiger partial charge in [0.25, 0.3) is 0 Å². The summed E-state index contributed by atoms with van der Waals surface area (Å²) >= 11 is 0. The summed E-state index contributed by atoms with van der Waals surface area (Å²) in [4.78, 5) is 15.2. The molecule has 0 unspecified atom stereocenters. The molecule has 21 heavy (non-hydrogen) atoms. The summed E-state index contributed by atoms with van der Waals surface area (Å²) in [7, 11) is 0. The molecule has 4 nitrogen and oxygen atoms in total. The standard InChI is InChI=1S/C17H18N2O2/c18-16-7-8-19-10-15(16)14-9-12(11-20)5-6-17(14)21-13-3-1-2-4-13/h5-11,13H,1-4H2,(H2,18,19). The quantitative estimate of drug-likeness (QED) is 0.872. The minimum Gasteiger partial charge on any atom is -0.490 e. The smallest absolute Gasteiger partial charge is 0.150 e. The molecule has 0 radical (unpaired) electrons. The van der Waals surface area contributed by atoms with E-state index in [1.54, 1.807) is 24.5 Å². The molecule has 1 aliphatic carbocycles. The normalized spacial score (nSPS) is 15.0. The third-order valence-corrected chi connectivity index (χ3v) is 3.88. The Balaban J connectivity index is 2.02. The van der Waals surface area contributed by atoms with Crippen LogP contribution in [0.4, 0.5) is 5.69 Å². The summed E-state index contributed by atoms with van der Waals surface area (Å²) in [5, 5.41) is 0. The van der Waals surface area contributed by atoms with Crippen LogP contribution in [0.2, 0.25) is 0 Å². The Labute approximate surface area is 124 Å². The largest absolute Gasteiger partial charge is 0.490 e. The number of benzene rings is 1. The van der Waals surface area contributed by atoms with E-state index in [4.69, 9.17) is 10.5 Å². The predicted octanol–water partition coefficient (Wildman–Crippen LogP) is 3.46. The van der Waals surface area contributed by atoms with Crippen LogP contribution < -0.4 is 10.5 Å². The van der Waals surface area contributed by atoms with Crippen molar-refractivity contribution in [3.05, 3.63) is 42.2 Å². The van der Waals surface area contributed by atoms with E-state index in [9.17, 15) is 4.79 Å². The minimum atomic E-state index is 0.253. The van der Waals surface area contributed by atoms with Gasteiger partial charge in [0, 0.05) is 34.8 Å². The lowest BCUT2D eigenvalue weighted by atomic mass is 10.0. The highest BCUT2D eigenvalue weighted by atomic mass is 16.5. The molecule has 4 heteroatoms. The van der Waals surface area contributed by atoms with Crippen LogP contribution in [-0.4, -0.2) is 17.4 Å². The number of pyridine rings is 1. The van der Waals surface area contributed by atoms with Crippen molar-refractivity contribution < 1.29 is 9.53 Å². The van der Waals surface area contributed by atoms with Crippen molar-refractivity contribution in [2.45, 2.75) is 31.8 Å². The van der Waals surface area contributed by atoms with Gasteiger partial charge in [-0.1, -0.05) is 0 Å². The molecular formula is C17H18N2O2. The van der Waals surface area contributed by atoms with E-state index in [1.165, 1.54) is 12.8 Å². The van der Waals surface area contributed by atoms with Gasteiger partial charge in [-0.25, -0.2) is 0 Å². The molecule has 3 rings (SSSR count). The Hall–Kier alpha value is -2.36. The van der Waals surface area contributed by atoms with Gasteiger partial charge in [0.05, 0.1) is 6.10 Å². The number of nitrogens with two attached hydrogens (primary N) is 1. The number of nitrogens with zero attached hydrogens (tertiary/aromatic N) is 1. The first-order valence-electron chi connectivity index (χ1n) is 7.23. The van der Waals surface area contributed by atoms with Crippen LogP contribution >= 0.6 is 0 Å². The molecular weight excluding hydrogens is 264 g/mol. The fourth-order valence-electron chi connectivity index (χ4n) is 2.75. The van der Waals surface area contributed by atoms with E-state index in [-0.39, 0.29) is 6.10 Å². The lowest BCUT2D eigenvalue weighted by Crippen LogP contribution is -2.11. The van der Waals surface area contributed by atoms with E-state index >= 15 is 0 Å². The van der Waals surface area contributed by atoms with E-state index in [0.29, 0.717) is 11.3 Å². The number of ether oxygens (including phenoxy) is 1. The molecule has 1 heterocycles. The molecule has 1 saturated carbocycles. The first-order chi connectivity index (χ1) is 10.3. The molecule has 0 bridgehead atoms. The molecule has 0 amide bonds. The maximum Gasteiger partial charge on any atom is 0.150 e. The molecule has 2 N–H and O–H groups in total. The van der Waals surface area contributed by atoms with E-state index in [1.807, 2.05) is 12.1 Å². The van der Waals surface area contributed by atoms with Gasteiger partial charge in [-0.05, 0) is 49.9 Å². The Bertz CT molecular complexity index is 649. The van der Waals surface area contributed by atoms with Crippen molar-refractivity contribution in [3.8, 4) is 16.9 Å². The highest BCUT2D eigenvalue weighted by Gasteiger charge is 2.19. The number of rotatable bonds is 4. The molecule has 1 aromatic carbocycles. The van der Waals surface area contributed by atoms with Crippen LogP contribution in [-0.2, 0) is 0 Å². The summed E-state index contributed by atoms with van der Waals surface area (Å²) in [6.45, 7) is 0. The Morgan fingerprint density at radius 2 is 2.00 bits per heavy atom. The average Bonchev–Trinajstić information content (AvgIpc) is 3.01. The Morgan fingerprint density at radius 3 is 2.71 bits per heavy atom. The maximum absolute atomic E-state index is 11.0. The zero-order valence-electron chi connectivity index (χ0n) is 11.8. The van der Waals surface area contributed by atoms with E-state index in [0.717, 1.165) is 36.0 Å². The molecule has 1 fully saturated rings. The van der Waals surface area contributed by atoms with Gasteiger partial charge < -0.3 is 10.5 Å². The van der Waals surface area contributed by atoms with E-state index in [2.05, 4.69) is 4.98 Å². The van der Waals surface area contributed by atoms with Gasteiger partial charge in [-0.2, -0.15) is 0 Å². The minimum absolute atomic E-state index is 0.253. The summed E-state index contributed by atoms with van der Waals surface area (Å²) in [6, 6.07) is 7.18. The number of carbonyl (C=O) groups excluding carboxylic acids is 1. The van der Waals surface area contributed by atoms with Gasteiger partial charge in [-0.3, -0.25) is 9.78 Å². The van der Waals surface area contributed by atoms with Gasteiger partial charge in [0.15, 0.2) is 0 Å². The molecule has 0 saturated heterocycles. The number of carbonyl (C=O) groups is 1. The summed E-state index contributed by atoms with van der Waals surface area (Å²) in [6.07, 6.45) is 9.03. The summed E-state index contributed by atoms with van der Waals surface area (Å²) < 4.78 is 6.12. The van der Waals surface area contributed by atoms with Crippen LogP contribution in [0.15, 0.2) is 36.7 Å². The first-order valence-corrected chi connectivity index (χ1v) is 7.23. The fourth-order valence-corrected chi connectivity index (χ4v) is 2.75. The van der Waals surface area contributed by atoms with Gasteiger partial charge in [0.1, 0.15) is 12.0 Å². The molecule has 0 atom stereocenters. The second kappa shape index (κ2) is 5.95. The summed E-state index contributed by atoms with van der Waals surface area (Å²) in [5.74, 6) is 0.771. The van der Waals surface area contributed by atoms with Crippen LogP contribution in [0.1, 0.15) is 36.0 Å². The molecule has 0 aliphatic heterocycles. The highest BCUT2D eigenvalue weighted by Crippen LogP contribution is 2.36. The second-order valence-corrected chi connectivity index (χ2v) is 5.36. The molecule has 108 valence electrons. The second-order valence-electron chi connectivity index (χ2n) is 5.36. The average molecular weight is 282 g/mol. The molecule has 0 spiro atoms. The number of hydrogen-bond donors (Lipinski definition) is 1. The number of aldehydes is 1. The topological polar surface area (TPSA) is 65.2 Å². The molecule has 2 aromatic rings. The zero-order valence-corrected chi connectivity index (χ0v) is 11.8. The molecule has 1 aromatic heterocycles. The highest BCUT2D eigenvalue weighted by molar-refractivity contribution is 5.85. The Kier molecular flexibility index (Phi) is 3.86. The summed E-state index contributed by atoms with van der Waals surface area (Å²) in [5.41, 5.74) is 8.90. The SMILES string of the molecule is Nc1ccncc1-c1cc(C=O)ccc1OC1CCCC1. The predicted molar refractivity (Wildman–Crippen MR) is 82.4 cm³/mol. The lowest BCUT2D eigenvalue weighted by Gasteiger charge is -2.17. The van der Waals surface area contributed by atoms with Crippen LogP contribution in [0, 0.1) is 0 Å². The number of hydrogen-bond acceptors (Lipinski definition) is 4. The van der Waals surface area contributed by atoms with Gasteiger partial charge >= 0.3 is 0 Å². The van der Waals surface area contributed by atoms with Crippen molar-refractivity contribution in [2.75, 3.05) is 5.73 Å². The number of anilines is 1. The fraction of sp³-hybridized carbons (Fsp3) is 0.294. The number of nitrogen functional groups attached to an aromatic ring is 1. The van der Waals surface area contributed by atoms with Crippen LogP contribution in [0.25, 0.3) is 11.1 Å². The monoisotopic (exact) mass is 282 g/mol. The van der Waals surface area contributed by atoms with Crippen LogP contribution in [0.3, 0.4) is 0 Å².